The maximum Gasteiger partial charge on any atom is 0.0693 e. The van der Waals surface area contributed by atoms with E-state index in [2.05, 4.69) is 55.7 Å². The van der Waals surface area contributed by atoms with E-state index >= 15 is 0 Å². The Morgan fingerprint density at radius 2 is 2.13 bits per heavy atom. The number of hydrogen-bond acceptors (Lipinski definition) is 1. The fourth-order valence-electron chi connectivity index (χ4n) is 5.40. The first kappa shape index (κ1) is 19.6. The molecule has 5 atom stereocenters. The van der Waals surface area contributed by atoms with E-state index in [0.29, 0.717) is 19.3 Å². The first-order chi connectivity index (χ1) is 10.8. The molecule has 0 aromatic rings. The Labute approximate surface area is 148 Å². The van der Waals surface area contributed by atoms with Crippen LogP contribution in [-0.2, 0) is 4.52 Å². The molecule has 2 aliphatic carbocycles. The first-order valence-electron chi connectivity index (χ1n) is 9.21. The Morgan fingerprint density at radius 3 is 2.83 bits per heavy atom. The minimum Gasteiger partial charge on any atom is -0.354 e. The van der Waals surface area contributed by atoms with Crippen molar-refractivity contribution in [1.82, 2.24) is 0 Å². The fourth-order valence-corrected chi connectivity index (χ4v) is 5.87. The summed E-state index contributed by atoms with van der Waals surface area (Å²) in [5, 5.41) is 0. The van der Waals surface area contributed by atoms with Crippen LogP contribution in [0.3, 0.4) is 0 Å². The highest BCUT2D eigenvalue weighted by Crippen LogP contribution is 2.60. The third-order valence-corrected chi connectivity index (χ3v) is 7.56. The highest BCUT2D eigenvalue weighted by atomic mass is 32.0. The highest BCUT2D eigenvalue weighted by Gasteiger charge is 2.51. The molecule has 3 heteroatoms. The van der Waals surface area contributed by atoms with Gasteiger partial charge in [-0.05, 0) is 68.6 Å². The lowest BCUT2D eigenvalue weighted by Gasteiger charge is -2.57. The molecule has 0 amide bonds. The summed E-state index contributed by atoms with van der Waals surface area (Å²) in [6.45, 7) is 13.0. The molecule has 0 N–H and O–H groups in total. The molecule has 1 nitrogen and oxygen atoms in total. The Morgan fingerprint density at radius 1 is 1.39 bits per heavy atom. The van der Waals surface area contributed by atoms with E-state index in [4.69, 9.17) is 4.52 Å². The van der Waals surface area contributed by atoms with Crippen LogP contribution < -0.4 is 0 Å². The number of fused-ring (bicyclic) bond motifs is 1. The van der Waals surface area contributed by atoms with Crippen molar-refractivity contribution in [2.75, 3.05) is 6.61 Å². The maximum absolute atomic E-state index is 5.45. The van der Waals surface area contributed by atoms with Crippen LogP contribution in [0.1, 0.15) is 73.1 Å². The van der Waals surface area contributed by atoms with Gasteiger partial charge in [0, 0.05) is 8.50 Å². The standard InChI is InChI=1S/C20H36OP2/c1-15(11-14-21-23-22)7-9-17-16(2)8-10-18-19(3,4)12-6-13-20(17,18)5/h8,11,17-18,23H,6-7,9-10,12-14,22H2,1-5H3/b15-11+/t17-,18?,20+/m0/s1. The molecular weight excluding hydrogens is 318 g/mol. The van der Waals surface area contributed by atoms with E-state index in [1.807, 2.05) is 0 Å². The monoisotopic (exact) mass is 354 g/mol. The molecule has 0 aromatic heterocycles. The second-order valence-electron chi connectivity index (χ2n) is 8.65. The van der Waals surface area contributed by atoms with Gasteiger partial charge in [0.1, 0.15) is 0 Å². The van der Waals surface area contributed by atoms with E-state index in [-0.39, 0.29) is 0 Å². The van der Waals surface area contributed by atoms with Crippen molar-refractivity contribution in [2.24, 2.45) is 22.7 Å². The molecule has 0 spiro atoms. The number of allylic oxidation sites excluding steroid dienone is 3. The molecule has 0 aliphatic heterocycles. The fraction of sp³-hybridized carbons (Fsp3) is 0.800. The van der Waals surface area contributed by atoms with Crippen LogP contribution in [0.5, 0.6) is 0 Å². The minimum absolute atomic E-state index is 0.499. The van der Waals surface area contributed by atoms with Gasteiger partial charge in [0.05, 0.1) is 6.61 Å². The Hall–Kier alpha value is 0.300. The Balaban J connectivity index is 2.09. The molecule has 0 saturated heterocycles. The van der Waals surface area contributed by atoms with Crippen LogP contribution in [0, 0.1) is 22.7 Å². The van der Waals surface area contributed by atoms with Crippen LogP contribution in [0.2, 0.25) is 0 Å². The maximum atomic E-state index is 5.45. The van der Waals surface area contributed by atoms with Gasteiger partial charge in [0.25, 0.3) is 0 Å². The lowest BCUT2D eigenvalue weighted by atomic mass is 9.48. The topological polar surface area (TPSA) is 9.23 Å². The summed E-state index contributed by atoms with van der Waals surface area (Å²) in [6, 6.07) is 0. The average Bonchev–Trinajstić information content (AvgIpc) is 2.45. The lowest BCUT2D eigenvalue weighted by molar-refractivity contribution is -0.0390. The minimum atomic E-state index is 0.499. The second kappa shape index (κ2) is 8.12. The first-order valence-corrected chi connectivity index (χ1v) is 11.9. The van der Waals surface area contributed by atoms with E-state index < -0.39 is 0 Å². The van der Waals surface area contributed by atoms with Gasteiger partial charge < -0.3 is 4.52 Å². The summed E-state index contributed by atoms with van der Waals surface area (Å²) in [5.74, 6) is 1.61. The van der Waals surface area contributed by atoms with Crippen LogP contribution >= 0.6 is 17.4 Å². The summed E-state index contributed by atoms with van der Waals surface area (Å²) in [4.78, 5) is 0. The summed E-state index contributed by atoms with van der Waals surface area (Å²) < 4.78 is 5.45. The van der Waals surface area contributed by atoms with E-state index in [0.717, 1.165) is 18.4 Å². The van der Waals surface area contributed by atoms with Crippen LogP contribution in [0.4, 0.5) is 0 Å². The highest BCUT2D eigenvalue weighted by molar-refractivity contribution is 8.00. The summed E-state index contributed by atoms with van der Waals surface area (Å²) in [6.07, 6.45) is 12.9. The SMILES string of the molecule is CC1=CCC2C(C)(C)CCC[C@]2(C)[C@H]1CC/C(C)=C/COPP. The molecule has 0 radical (unpaired) electrons. The van der Waals surface area contributed by atoms with E-state index in [1.54, 1.807) is 5.57 Å². The predicted molar refractivity (Wildman–Crippen MR) is 108 cm³/mol. The molecule has 3 unspecified atom stereocenters. The van der Waals surface area contributed by atoms with Crippen LogP contribution in [0.15, 0.2) is 23.3 Å². The van der Waals surface area contributed by atoms with Gasteiger partial charge in [-0.25, -0.2) is 0 Å². The average molecular weight is 354 g/mol. The third-order valence-electron chi connectivity index (χ3n) is 6.72. The van der Waals surface area contributed by atoms with Crippen LogP contribution in [0.25, 0.3) is 0 Å². The smallest absolute Gasteiger partial charge is 0.0693 e. The molecule has 0 aromatic carbocycles. The number of rotatable bonds is 6. The zero-order valence-electron chi connectivity index (χ0n) is 15.7. The quantitative estimate of drug-likeness (QED) is 0.286. The summed E-state index contributed by atoms with van der Waals surface area (Å²) >= 11 is 0. The molecular formula is C20H36OP2. The van der Waals surface area contributed by atoms with Crippen LogP contribution in [-0.4, -0.2) is 6.61 Å². The molecule has 1 saturated carbocycles. The van der Waals surface area contributed by atoms with Gasteiger partial charge in [0.2, 0.25) is 0 Å². The molecule has 2 aliphatic rings. The molecule has 0 heterocycles. The zero-order valence-corrected chi connectivity index (χ0v) is 17.9. The lowest BCUT2D eigenvalue weighted by Crippen LogP contribution is -2.48. The molecule has 132 valence electrons. The van der Waals surface area contributed by atoms with Gasteiger partial charge in [-0.2, -0.15) is 0 Å². The van der Waals surface area contributed by atoms with Crippen molar-refractivity contribution in [3.63, 3.8) is 0 Å². The molecule has 2 rings (SSSR count). The number of hydrogen-bond donors (Lipinski definition) is 0. The van der Waals surface area contributed by atoms with Gasteiger partial charge in [-0.15, -0.1) is 0 Å². The molecule has 0 bridgehead atoms. The van der Waals surface area contributed by atoms with Crippen molar-refractivity contribution in [3.8, 4) is 0 Å². The van der Waals surface area contributed by atoms with Crippen molar-refractivity contribution < 1.29 is 4.52 Å². The van der Waals surface area contributed by atoms with Gasteiger partial charge in [0.15, 0.2) is 0 Å². The summed E-state index contributed by atoms with van der Waals surface area (Å²) in [7, 11) is 3.15. The van der Waals surface area contributed by atoms with E-state index in [1.165, 1.54) is 44.1 Å². The van der Waals surface area contributed by atoms with E-state index in [9.17, 15) is 0 Å². The Bertz CT molecular complexity index is 466. The van der Waals surface area contributed by atoms with Crippen molar-refractivity contribution in [3.05, 3.63) is 23.3 Å². The third kappa shape index (κ3) is 4.48. The van der Waals surface area contributed by atoms with Crippen molar-refractivity contribution in [1.29, 1.82) is 0 Å². The van der Waals surface area contributed by atoms with Gasteiger partial charge in [-0.1, -0.05) is 59.4 Å². The molecule has 23 heavy (non-hydrogen) atoms. The second-order valence-corrected chi connectivity index (χ2v) is 9.89. The van der Waals surface area contributed by atoms with Gasteiger partial charge in [-0.3, -0.25) is 0 Å². The normalized spacial score (nSPS) is 34.5. The van der Waals surface area contributed by atoms with Crippen molar-refractivity contribution >= 4 is 17.4 Å². The summed E-state index contributed by atoms with van der Waals surface area (Å²) in [5.41, 5.74) is 4.14. The van der Waals surface area contributed by atoms with Crippen molar-refractivity contribution in [2.45, 2.75) is 73.1 Å². The predicted octanol–water partition coefficient (Wildman–Crippen LogP) is 6.91. The zero-order chi connectivity index (χ0) is 17.1. The largest absolute Gasteiger partial charge is 0.354 e. The Kier molecular flexibility index (Phi) is 6.93. The van der Waals surface area contributed by atoms with Gasteiger partial charge >= 0.3 is 0 Å². The molecule has 1 fully saturated rings.